The first-order valence-corrected chi connectivity index (χ1v) is 7.15. The molecule has 1 aromatic heterocycles. The van der Waals surface area contributed by atoms with Crippen molar-refractivity contribution < 1.29 is 4.79 Å². The van der Waals surface area contributed by atoms with Crippen molar-refractivity contribution in [2.75, 3.05) is 11.1 Å². The average Bonchev–Trinajstić information content (AvgIpc) is 3.14. The lowest BCUT2D eigenvalue weighted by atomic mass is 10.1. The van der Waals surface area contributed by atoms with Crippen LogP contribution in [0.4, 0.5) is 10.8 Å². The molecule has 4 nitrogen and oxygen atoms in total. The molecule has 19 heavy (non-hydrogen) atoms. The van der Waals surface area contributed by atoms with Crippen LogP contribution in [0.5, 0.6) is 0 Å². The number of rotatable bonds is 3. The zero-order valence-corrected chi connectivity index (χ0v) is 11.5. The molecule has 1 aliphatic carbocycles. The summed E-state index contributed by atoms with van der Waals surface area (Å²) in [5.41, 5.74) is 8.96. The number of aromatic nitrogens is 1. The number of benzene rings is 1. The fourth-order valence-corrected chi connectivity index (χ4v) is 2.74. The molecule has 3 N–H and O–H groups in total. The Morgan fingerprint density at radius 3 is 3.00 bits per heavy atom. The lowest BCUT2D eigenvalue weighted by molar-refractivity contribution is 0.102. The first-order valence-electron chi connectivity index (χ1n) is 6.27. The fraction of sp³-hybridized carbons (Fsp3) is 0.286. The molecule has 1 fully saturated rings. The third kappa shape index (κ3) is 2.46. The molecule has 3 rings (SSSR count). The standard InChI is InChI=1S/C14H15N3OS/c1-8-3-2-4-10(12(8)15)13(18)17-14-16-11(7-19-14)9-5-6-9/h2-4,7,9H,5-6,15H2,1H3,(H,16,17,18). The molecule has 0 bridgehead atoms. The van der Waals surface area contributed by atoms with Gasteiger partial charge in [0.15, 0.2) is 5.13 Å². The number of carbonyl (C=O) groups excluding carboxylic acids is 1. The van der Waals surface area contributed by atoms with Crippen LogP contribution in [0.3, 0.4) is 0 Å². The van der Waals surface area contributed by atoms with E-state index in [1.54, 1.807) is 6.07 Å². The molecule has 5 heteroatoms. The minimum Gasteiger partial charge on any atom is -0.398 e. The molecule has 98 valence electrons. The molecule has 1 aliphatic rings. The SMILES string of the molecule is Cc1cccc(C(=O)Nc2nc(C3CC3)cs2)c1N. The second kappa shape index (κ2) is 4.66. The van der Waals surface area contributed by atoms with Crippen molar-refractivity contribution in [3.8, 4) is 0 Å². The highest BCUT2D eigenvalue weighted by molar-refractivity contribution is 7.14. The maximum Gasteiger partial charge on any atom is 0.259 e. The van der Waals surface area contributed by atoms with Gasteiger partial charge in [0, 0.05) is 17.0 Å². The second-order valence-electron chi connectivity index (χ2n) is 4.84. The first-order chi connectivity index (χ1) is 9.15. The first kappa shape index (κ1) is 12.2. The van der Waals surface area contributed by atoms with Crippen LogP contribution in [0.1, 0.15) is 40.4 Å². The minimum atomic E-state index is -0.196. The summed E-state index contributed by atoms with van der Waals surface area (Å²) in [5.74, 6) is 0.406. The number of thiazole rings is 1. The fourth-order valence-electron chi connectivity index (χ4n) is 1.95. The highest BCUT2D eigenvalue weighted by Crippen LogP contribution is 2.40. The van der Waals surface area contributed by atoms with Crippen LogP contribution in [0.2, 0.25) is 0 Å². The number of amides is 1. The van der Waals surface area contributed by atoms with Crippen molar-refractivity contribution in [3.05, 3.63) is 40.4 Å². The predicted octanol–water partition coefficient (Wildman–Crippen LogP) is 3.16. The van der Waals surface area contributed by atoms with Gasteiger partial charge in [0.2, 0.25) is 0 Å². The normalized spacial score (nSPS) is 14.4. The van der Waals surface area contributed by atoms with Gasteiger partial charge in [-0.05, 0) is 31.4 Å². The van der Waals surface area contributed by atoms with E-state index in [2.05, 4.69) is 10.3 Å². The van der Waals surface area contributed by atoms with Gasteiger partial charge in [-0.3, -0.25) is 10.1 Å². The third-order valence-corrected chi connectivity index (χ3v) is 4.08. The number of carbonyl (C=O) groups is 1. The van der Waals surface area contributed by atoms with Crippen LogP contribution in [0.25, 0.3) is 0 Å². The molecule has 0 spiro atoms. The predicted molar refractivity (Wildman–Crippen MR) is 77.6 cm³/mol. The number of nitrogens with two attached hydrogens (primary N) is 1. The van der Waals surface area contributed by atoms with E-state index in [9.17, 15) is 4.79 Å². The number of hydrogen-bond acceptors (Lipinski definition) is 4. The number of nitrogens with zero attached hydrogens (tertiary/aromatic N) is 1. The molecule has 0 aliphatic heterocycles. The quantitative estimate of drug-likeness (QED) is 0.844. The summed E-state index contributed by atoms with van der Waals surface area (Å²) in [7, 11) is 0. The van der Waals surface area contributed by atoms with Crippen molar-refractivity contribution in [1.29, 1.82) is 0 Å². The van der Waals surface area contributed by atoms with E-state index >= 15 is 0 Å². The van der Waals surface area contributed by atoms with E-state index < -0.39 is 0 Å². The molecule has 0 saturated heterocycles. The maximum atomic E-state index is 12.2. The molecule has 1 saturated carbocycles. The topological polar surface area (TPSA) is 68.0 Å². The molecule has 2 aromatic rings. The molecule has 0 radical (unpaired) electrons. The van der Waals surface area contributed by atoms with E-state index in [1.165, 1.54) is 24.2 Å². The Bertz CT molecular complexity index is 631. The largest absolute Gasteiger partial charge is 0.398 e. The Kier molecular flexibility index (Phi) is 2.98. The molecule has 0 unspecified atom stereocenters. The van der Waals surface area contributed by atoms with Crippen LogP contribution in [0, 0.1) is 6.92 Å². The summed E-state index contributed by atoms with van der Waals surface area (Å²) < 4.78 is 0. The summed E-state index contributed by atoms with van der Waals surface area (Å²) in [5, 5.41) is 5.48. The lowest BCUT2D eigenvalue weighted by Crippen LogP contribution is -2.14. The maximum absolute atomic E-state index is 12.2. The number of para-hydroxylation sites is 1. The van der Waals surface area contributed by atoms with E-state index in [1.807, 2.05) is 24.4 Å². The third-order valence-electron chi connectivity index (χ3n) is 3.31. The van der Waals surface area contributed by atoms with Crippen LogP contribution in [-0.2, 0) is 0 Å². The number of anilines is 2. The van der Waals surface area contributed by atoms with Crippen LogP contribution < -0.4 is 11.1 Å². The average molecular weight is 273 g/mol. The Hall–Kier alpha value is -1.88. The number of hydrogen-bond donors (Lipinski definition) is 2. The summed E-state index contributed by atoms with van der Waals surface area (Å²) >= 11 is 1.47. The Morgan fingerprint density at radius 1 is 1.47 bits per heavy atom. The molecular formula is C14H15N3OS. The Labute approximate surface area is 115 Å². The van der Waals surface area contributed by atoms with Gasteiger partial charge < -0.3 is 5.73 Å². The van der Waals surface area contributed by atoms with E-state index in [0.717, 1.165) is 11.3 Å². The van der Waals surface area contributed by atoms with Crippen LogP contribution >= 0.6 is 11.3 Å². The smallest absolute Gasteiger partial charge is 0.259 e. The highest BCUT2D eigenvalue weighted by Gasteiger charge is 2.26. The molecule has 1 aromatic carbocycles. The van der Waals surface area contributed by atoms with Gasteiger partial charge in [0.1, 0.15) is 0 Å². The van der Waals surface area contributed by atoms with E-state index in [0.29, 0.717) is 22.3 Å². The zero-order chi connectivity index (χ0) is 13.4. The van der Waals surface area contributed by atoms with Gasteiger partial charge in [0.25, 0.3) is 5.91 Å². The van der Waals surface area contributed by atoms with Gasteiger partial charge in [-0.1, -0.05) is 12.1 Å². The number of nitrogens with one attached hydrogen (secondary N) is 1. The van der Waals surface area contributed by atoms with Crippen LogP contribution in [-0.4, -0.2) is 10.9 Å². The zero-order valence-electron chi connectivity index (χ0n) is 10.6. The highest BCUT2D eigenvalue weighted by atomic mass is 32.1. The van der Waals surface area contributed by atoms with E-state index in [4.69, 9.17) is 5.73 Å². The number of aryl methyl sites for hydroxylation is 1. The van der Waals surface area contributed by atoms with Gasteiger partial charge in [-0.25, -0.2) is 4.98 Å². The van der Waals surface area contributed by atoms with Crippen molar-refractivity contribution in [1.82, 2.24) is 4.98 Å². The molecular weight excluding hydrogens is 258 g/mol. The summed E-state index contributed by atoms with van der Waals surface area (Å²) in [6.45, 7) is 1.89. The summed E-state index contributed by atoms with van der Waals surface area (Å²) in [6, 6.07) is 5.45. The molecule has 0 atom stereocenters. The molecule has 1 heterocycles. The van der Waals surface area contributed by atoms with Crippen LogP contribution in [0.15, 0.2) is 23.6 Å². The van der Waals surface area contributed by atoms with Gasteiger partial charge in [0.05, 0.1) is 11.3 Å². The van der Waals surface area contributed by atoms with Crippen molar-refractivity contribution in [3.63, 3.8) is 0 Å². The van der Waals surface area contributed by atoms with Gasteiger partial charge in [-0.15, -0.1) is 11.3 Å². The molecule has 1 amide bonds. The Balaban J connectivity index is 1.78. The number of nitrogen functional groups attached to an aromatic ring is 1. The lowest BCUT2D eigenvalue weighted by Gasteiger charge is -2.07. The van der Waals surface area contributed by atoms with Crippen molar-refractivity contribution in [2.24, 2.45) is 0 Å². The summed E-state index contributed by atoms with van der Waals surface area (Å²) in [4.78, 5) is 16.6. The summed E-state index contributed by atoms with van der Waals surface area (Å²) in [6.07, 6.45) is 2.42. The van der Waals surface area contributed by atoms with E-state index in [-0.39, 0.29) is 5.91 Å². The minimum absolute atomic E-state index is 0.196. The van der Waals surface area contributed by atoms with Crippen molar-refractivity contribution in [2.45, 2.75) is 25.7 Å². The van der Waals surface area contributed by atoms with Gasteiger partial charge >= 0.3 is 0 Å². The Morgan fingerprint density at radius 2 is 2.26 bits per heavy atom. The van der Waals surface area contributed by atoms with Gasteiger partial charge in [-0.2, -0.15) is 0 Å². The monoisotopic (exact) mass is 273 g/mol. The van der Waals surface area contributed by atoms with Crippen molar-refractivity contribution >= 4 is 28.1 Å². The second-order valence-corrected chi connectivity index (χ2v) is 5.70.